The zero-order chi connectivity index (χ0) is 14.7. The number of ether oxygens (including phenoxy) is 2. The second-order valence-electron chi connectivity index (χ2n) is 6.39. The number of nitrogens with zero attached hydrogens (tertiary/aromatic N) is 3. The number of rotatable bonds is 8. The van der Waals surface area contributed by atoms with E-state index in [2.05, 4.69) is 15.4 Å². The van der Waals surface area contributed by atoms with Gasteiger partial charge in [0.2, 0.25) is 0 Å². The number of methoxy groups -OCH3 is 1. The largest absolute Gasteiger partial charge is 0.383 e. The molecule has 0 amide bonds. The van der Waals surface area contributed by atoms with E-state index >= 15 is 0 Å². The number of hydrogen-bond acceptors (Lipinski definition) is 5. The molecule has 2 fully saturated rings. The summed E-state index contributed by atoms with van der Waals surface area (Å²) in [5.74, 6) is 1.80. The summed E-state index contributed by atoms with van der Waals surface area (Å²) < 4.78 is 13.1. The molecule has 2 aliphatic rings. The molecule has 2 atom stereocenters. The quantitative estimate of drug-likeness (QED) is 0.718. The zero-order valence-electron chi connectivity index (χ0n) is 13.0. The molecule has 3 rings (SSSR count). The van der Waals surface area contributed by atoms with E-state index in [1.165, 1.54) is 12.8 Å². The van der Waals surface area contributed by atoms with Crippen LogP contribution in [0.3, 0.4) is 0 Å². The highest BCUT2D eigenvalue weighted by molar-refractivity contribution is 5.05. The van der Waals surface area contributed by atoms with E-state index in [0.29, 0.717) is 6.10 Å². The molecular formula is C15H26N4O2. The lowest BCUT2D eigenvalue weighted by atomic mass is 9.75. The van der Waals surface area contributed by atoms with Gasteiger partial charge in [-0.05, 0) is 25.2 Å². The maximum Gasteiger partial charge on any atom is 0.138 e. The highest BCUT2D eigenvalue weighted by Gasteiger charge is 2.51. The molecular weight excluding hydrogens is 268 g/mol. The van der Waals surface area contributed by atoms with E-state index in [4.69, 9.17) is 9.47 Å². The van der Waals surface area contributed by atoms with Gasteiger partial charge in [0.05, 0.1) is 12.7 Å². The Morgan fingerprint density at radius 2 is 2.38 bits per heavy atom. The van der Waals surface area contributed by atoms with Crippen LogP contribution in [0.1, 0.15) is 25.1 Å². The minimum absolute atomic E-state index is 0.149. The van der Waals surface area contributed by atoms with Crippen molar-refractivity contribution in [2.24, 2.45) is 18.4 Å². The fourth-order valence-electron chi connectivity index (χ4n) is 3.49. The Morgan fingerprint density at radius 1 is 1.52 bits per heavy atom. The third-order valence-corrected chi connectivity index (χ3v) is 4.83. The van der Waals surface area contributed by atoms with Crippen molar-refractivity contribution in [3.8, 4) is 0 Å². The summed E-state index contributed by atoms with van der Waals surface area (Å²) in [4.78, 5) is 4.43. The van der Waals surface area contributed by atoms with Crippen LogP contribution in [0.25, 0.3) is 0 Å². The van der Waals surface area contributed by atoms with Gasteiger partial charge < -0.3 is 14.8 Å². The van der Waals surface area contributed by atoms with E-state index in [1.807, 2.05) is 11.7 Å². The summed E-state index contributed by atoms with van der Waals surface area (Å²) in [6.45, 7) is 3.46. The lowest BCUT2D eigenvalue weighted by molar-refractivity contribution is 0.0287. The van der Waals surface area contributed by atoms with Gasteiger partial charge in [-0.2, -0.15) is 5.10 Å². The normalized spacial score (nSPS) is 29.1. The van der Waals surface area contributed by atoms with Crippen molar-refractivity contribution in [3.63, 3.8) is 0 Å². The maximum absolute atomic E-state index is 6.11. The smallest absolute Gasteiger partial charge is 0.138 e. The lowest BCUT2D eigenvalue weighted by Gasteiger charge is -2.34. The summed E-state index contributed by atoms with van der Waals surface area (Å²) >= 11 is 0. The number of hydrogen-bond donors (Lipinski definition) is 1. The molecule has 1 aliphatic carbocycles. The molecule has 0 bridgehead atoms. The van der Waals surface area contributed by atoms with Crippen LogP contribution in [0.15, 0.2) is 6.33 Å². The summed E-state index contributed by atoms with van der Waals surface area (Å²) in [7, 11) is 3.71. The number of aromatic nitrogens is 3. The van der Waals surface area contributed by atoms with Gasteiger partial charge in [-0.1, -0.05) is 0 Å². The zero-order valence-corrected chi connectivity index (χ0v) is 13.0. The fourth-order valence-corrected chi connectivity index (χ4v) is 3.49. The first-order chi connectivity index (χ1) is 10.2. The molecule has 118 valence electrons. The van der Waals surface area contributed by atoms with Gasteiger partial charge in [-0.15, -0.1) is 0 Å². The minimum Gasteiger partial charge on any atom is -0.383 e. The molecule has 2 unspecified atom stereocenters. The van der Waals surface area contributed by atoms with Gasteiger partial charge in [-0.25, -0.2) is 4.98 Å². The molecule has 21 heavy (non-hydrogen) atoms. The highest BCUT2D eigenvalue weighted by atomic mass is 16.5. The number of nitrogens with one attached hydrogen (secondary N) is 1. The second-order valence-corrected chi connectivity index (χ2v) is 6.39. The average Bonchev–Trinajstić information content (AvgIpc) is 3.13. The van der Waals surface area contributed by atoms with Gasteiger partial charge in [0.15, 0.2) is 0 Å². The van der Waals surface area contributed by atoms with Crippen molar-refractivity contribution < 1.29 is 9.47 Å². The molecule has 6 heteroatoms. The minimum atomic E-state index is 0.149. The first kappa shape index (κ1) is 14.9. The summed E-state index contributed by atoms with van der Waals surface area (Å²) in [6.07, 6.45) is 6.66. The van der Waals surface area contributed by atoms with Crippen molar-refractivity contribution in [2.75, 3.05) is 33.4 Å². The van der Waals surface area contributed by atoms with E-state index in [-0.39, 0.29) is 5.41 Å². The average molecular weight is 294 g/mol. The Bertz CT molecular complexity index is 460. The monoisotopic (exact) mass is 294 g/mol. The van der Waals surface area contributed by atoms with E-state index in [0.717, 1.165) is 50.9 Å². The summed E-state index contributed by atoms with van der Waals surface area (Å²) in [5.41, 5.74) is 0.149. The van der Waals surface area contributed by atoms with Gasteiger partial charge in [0.1, 0.15) is 12.2 Å². The Balaban J connectivity index is 1.72. The van der Waals surface area contributed by atoms with E-state index in [1.54, 1.807) is 13.4 Å². The third-order valence-electron chi connectivity index (χ3n) is 4.83. The van der Waals surface area contributed by atoms with Gasteiger partial charge >= 0.3 is 0 Å². The molecule has 1 aliphatic heterocycles. The van der Waals surface area contributed by atoms with Gasteiger partial charge in [-0.3, -0.25) is 4.68 Å². The second kappa shape index (κ2) is 6.42. The van der Waals surface area contributed by atoms with Crippen LogP contribution in [0.5, 0.6) is 0 Å². The Hall–Kier alpha value is -0.980. The molecule has 1 aromatic rings. The van der Waals surface area contributed by atoms with E-state index in [9.17, 15) is 0 Å². The topological polar surface area (TPSA) is 61.2 Å². The standard InChI is InChI=1S/C15H26N4O2/c1-19-13(17-11-18-19)9-15(10-16-6-8-20-2)5-7-21-14(15)12-3-4-12/h11-12,14,16H,3-10H2,1-2H3. The van der Waals surface area contributed by atoms with Crippen molar-refractivity contribution in [1.29, 1.82) is 0 Å². The maximum atomic E-state index is 6.11. The van der Waals surface area contributed by atoms with Crippen LogP contribution < -0.4 is 5.32 Å². The molecule has 1 saturated carbocycles. The van der Waals surface area contributed by atoms with Crippen molar-refractivity contribution in [1.82, 2.24) is 20.1 Å². The first-order valence-corrected chi connectivity index (χ1v) is 7.89. The molecule has 0 radical (unpaired) electrons. The van der Waals surface area contributed by atoms with E-state index < -0.39 is 0 Å². The lowest BCUT2D eigenvalue weighted by Crippen LogP contribution is -2.44. The van der Waals surface area contributed by atoms with Crippen LogP contribution in [-0.2, 0) is 22.9 Å². The Morgan fingerprint density at radius 3 is 3.05 bits per heavy atom. The summed E-state index contributed by atoms with van der Waals surface area (Å²) in [6, 6.07) is 0. The van der Waals surface area contributed by atoms with Crippen LogP contribution >= 0.6 is 0 Å². The van der Waals surface area contributed by atoms with Gasteiger partial charge in [0, 0.05) is 45.7 Å². The molecule has 0 aromatic carbocycles. The predicted molar refractivity (Wildman–Crippen MR) is 79.0 cm³/mol. The van der Waals surface area contributed by atoms with Crippen LogP contribution in [-0.4, -0.2) is 54.3 Å². The molecule has 6 nitrogen and oxygen atoms in total. The molecule has 1 N–H and O–H groups in total. The van der Waals surface area contributed by atoms with Crippen LogP contribution in [0, 0.1) is 11.3 Å². The molecule has 0 spiro atoms. The first-order valence-electron chi connectivity index (χ1n) is 7.89. The van der Waals surface area contributed by atoms with Crippen molar-refractivity contribution >= 4 is 0 Å². The van der Waals surface area contributed by atoms with Crippen molar-refractivity contribution in [3.05, 3.63) is 12.2 Å². The van der Waals surface area contributed by atoms with Crippen LogP contribution in [0.2, 0.25) is 0 Å². The molecule has 1 aromatic heterocycles. The molecule has 2 heterocycles. The van der Waals surface area contributed by atoms with Crippen molar-refractivity contribution in [2.45, 2.75) is 31.8 Å². The molecule has 1 saturated heterocycles. The highest BCUT2D eigenvalue weighted by Crippen LogP contribution is 2.49. The fraction of sp³-hybridized carbons (Fsp3) is 0.867. The Kier molecular flexibility index (Phi) is 4.57. The van der Waals surface area contributed by atoms with Crippen LogP contribution in [0.4, 0.5) is 0 Å². The summed E-state index contributed by atoms with van der Waals surface area (Å²) in [5, 5.41) is 7.76. The third kappa shape index (κ3) is 3.27. The number of aryl methyl sites for hydroxylation is 1. The Labute approximate surface area is 126 Å². The van der Waals surface area contributed by atoms with Gasteiger partial charge in [0.25, 0.3) is 0 Å². The predicted octanol–water partition coefficient (Wildman–Crippen LogP) is 0.779. The SMILES string of the molecule is COCCNCC1(Cc2ncnn2C)CCOC1C1CC1.